The molecule has 0 bridgehead atoms. The van der Waals surface area contributed by atoms with Gasteiger partial charge in [-0.1, -0.05) is 24.8 Å². The first kappa shape index (κ1) is 15.6. The van der Waals surface area contributed by atoms with E-state index in [2.05, 4.69) is 16.9 Å². The molecule has 0 spiro atoms. The van der Waals surface area contributed by atoms with E-state index in [0.717, 1.165) is 11.3 Å². The number of alkyl carbamates (subject to hydrolysis) is 1. The first-order valence-electron chi connectivity index (χ1n) is 6.81. The highest BCUT2D eigenvalue weighted by Gasteiger charge is 2.21. The number of nitrogens with one attached hydrogen (secondary N) is 1. The van der Waals surface area contributed by atoms with E-state index in [1.807, 2.05) is 42.1 Å². The summed E-state index contributed by atoms with van der Waals surface area (Å²) in [6.07, 6.45) is 4.50. The van der Waals surface area contributed by atoms with Crippen molar-refractivity contribution in [2.24, 2.45) is 7.05 Å². The van der Waals surface area contributed by atoms with Crippen LogP contribution in [0.4, 0.5) is 4.79 Å². The molecule has 0 aliphatic rings. The van der Waals surface area contributed by atoms with Crippen LogP contribution in [0.1, 0.15) is 17.4 Å². The molecule has 116 valence electrons. The SMILES string of the molecule is C=CCOC(=O)NC(c1ccc(OC)cc1)c1nccn1C. The molecule has 0 saturated heterocycles. The molecule has 1 heterocycles. The maximum absolute atomic E-state index is 11.9. The van der Waals surface area contributed by atoms with Crippen LogP contribution < -0.4 is 10.1 Å². The van der Waals surface area contributed by atoms with Crippen molar-refractivity contribution >= 4 is 6.09 Å². The van der Waals surface area contributed by atoms with E-state index >= 15 is 0 Å². The minimum absolute atomic E-state index is 0.154. The van der Waals surface area contributed by atoms with Gasteiger partial charge in [0.1, 0.15) is 24.2 Å². The van der Waals surface area contributed by atoms with E-state index in [4.69, 9.17) is 9.47 Å². The molecule has 22 heavy (non-hydrogen) atoms. The Bertz CT molecular complexity index is 634. The third kappa shape index (κ3) is 3.66. The third-order valence-electron chi connectivity index (χ3n) is 3.16. The van der Waals surface area contributed by atoms with Crippen LogP contribution in [0.25, 0.3) is 0 Å². The lowest BCUT2D eigenvalue weighted by molar-refractivity contribution is 0.155. The molecule has 1 aromatic heterocycles. The lowest BCUT2D eigenvalue weighted by Crippen LogP contribution is -2.31. The van der Waals surface area contributed by atoms with Gasteiger partial charge in [-0.15, -0.1) is 0 Å². The summed E-state index contributed by atoms with van der Waals surface area (Å²) in [5, 5.41) is 2.82. The maximum atomic E-state index is 11.9. The standard InChI is InChI=1S/C16H19N3O3/c1-4-11-22-16(20)18-14(15-17-9-10-19(15)2)12-5-7-13(21-3)8-6-12/h4-10,14H,1,11H2,2-3H3,(H,18,20). The van der Waals surface area contributed by atoms with Crippen LogP contribution in [0.5, 0.6) is 5.75 Å². The number of methoxy groups -OCH3 is 1. The van der Waals surface area contributed by atoms with Gasteiger partial charge >= 0.3 is 6.09 Å². The van der Waals surface area contributed by atoms with E-state index in [1.54, 1.807) is 13.3 Å². The molecule has 1 unspecified atom stereocenters. The number of hydrogen-bond acceptors (Lipinski definition) is 4. The summed E-state index contributed by atoms with van der Waals surface area (Å²) in [5.74, 6) is 1.46. The van der Waals surface area contributed by atoms with Crippen molar-refractivity contribution < 1.29 is 14.3 Å². The fourth-order valence-corrected chi connectivity index (χ4v) is 2.04. The van der Waals surface area contributed by atoms with Crippen LogP contribution >= 0.6 is 0 Å². The first-order chi connectivity index (χ1) is 10.7. The number of carbonyl (C=O) groups is 1. The summed E-state index contributed by atoms with van der Waals surface area (Å²) >= 11 is 0. The van der Waals surface area contributed by atoms with Crippen molar-refractivity contribution in [3.8, 4) is 5.75 Å². The predicted molar refractivity (Wildman–Crippen MR) is 82.7 cm³/mol. The molecule has 0 aliphatic carbocycles. The number of ether oxygens (including phenoxy) is 2. The molecule has 1 aromatic carbocycles. The zero-order valence-corrected chi connectivity index (χ0v) is 12.7. The smallest absolute Gasteiger partial charge is 0.408 e. The van der Waals surface area contributed by atoms with Gasteiger partial charge in [-0.2, -0.15) is 0 Å². The highest BCUT2D eigenvalue weighted by molar-refractivity contribution is 5.68. The van der Waals surface area contributed by atoms with Gasteiger partial charge in [0, 0.05) is 19.4 Å². The Morgan fingerprint density at radius 2 is 2.18 bits per heavy atom. The highest BCUT2D eigenvalue weighted by atomic mass is 16.5. The Kier molecular flexibility index (Phi) is 5.19. The molecule has 0 aliphatic heterocycles. The molecule has 2 aromatic rings. The van der Waals surface area contributed by atoms with Crippen molar-refractivity contribution in [1.82, 2.24) is 14.9 Å². The second-order valence-electron chi connectivity index (χ2n) is 4.63. The van der Waals surface area contributed by atoms with Gasteiger partial charge < -0.3 is 19.4 Å². The molecule has 1 N–H and O–H groups in total. The fourth-order valence-electron chi connectivity index (χ4n) is 2.04. The van der Waals surface area contributed by atoms with Gasteiger partial charge in [0.25, 0.3) is 0 Å². The quantitative estimate of drug-likeness (QED) is 0.832. The Morgan fingerprint density at radius 1 is 1.45 bits per heavy atom. The molecule has 2 rings (SSSR count). The minimum atomic E-state index is -0.524. The van der Waals surface area contributed by atoms with Crippen LogP contribution in [0.3, 0.4) is 0 Å². The summed E-state index contributed by atoms with van der Waals surface area (Å²) < 4.78 is 12.0. The Balaban J connectivity index is 2.26. The molecule has 1 amide bonds. The van der Waals surface area contributed by atoms with Crippen LogP contribution in [0, 0.1) is 0 Å². The zero-order chi connectivity index (χ0) is 15.9. The van der Waals surface area contributed by atoms with E-state index in [-0.39, 0.29) is 6.61 Å². The Morgan fingerprint density at radius 3 is 2.73 bits per heavy atom. The lowest BCUT2D eigenvalue weighted by atomic mass is 10.1. The summed E-state index contributed by atoms with van der Waals surface area (Å²) in [4.78, 5) is 16.2. The number of amides is 1. The van der Waals surface area contributed by atoms with Crippen molar-refractivity contribution in [1.29, 1.82) is 0 Å². The normalized spacial score (nSPS) is 11.5. The monoisotopic (exact) mass is 301 g/mol. The average molecular weight is 301 g/mol. The number of nitrogens with zero attached hydrogens (tertiary/aromatic N) is 2. The van der Waals surface area contributed by atoms with E-state index in [0.29, 0.717) is 5.82 Å². The Labute approximate surface area is 129 Å². The van der Waals surface area contributed by atoms with Crippen LogP contribution in [-0.2, 0) is 11.8 Å². The molecular weight excluding hydrogens is 282 g/mol. The van der Waals surface area contributed by atoms with Gasteiger partial charge in [0.2, 0.25) is 0 Å². The minimum Gasteiger partial charge on any atom is -0.497 e. The molecule has 0 saturated carbocycles. The molecule has 0 radical (unpaired) electrons. The molecule has 6 nitrogen and oxygen atoms in total. The van der Waals surface area contributed by atoms with Gasteiger partial charge in [0.05, 0.1) is 7.11 Å². The number of rotatable bonds is 6. The summed E-state index contributed by atoms with van der Waals surface area (Å²) in [6.45, 7) is 3.67. The predicted octanol–water partition coefficient (Wildman–Crippen LogP) is 2.43. The summed E-state index contributed by atoms with van der Waals surface area (Å²) in [7, 11) is 3.48. The van der Waals surface area contributed by atoms with Gasteiger partial charge in [-0.25, -0.2) is 9.78 Å². The van der Waals surface area contributed by atoms with Crippen molar-refractivity contribution in [3.63, 3.8) is 0 Å². The largest absolute Gasteiger partial charge is 0.497 e. The molecule has 0 fully saturated rings. The third-order valence-corrected chi connectivity index (χ3v) is 3.16. The fraction of sp³-hybridized carbons (Fsp3) is 0.250. The second kappa shape index (κ2) is 7.31. The topological polar surface area (TPSA) is 65.4 Å². The number of aromatic nitrogens is 2. The van der Waals surface area contributed by atoms with Crippen LogP contribution in [0.15, 0.2) is 49.3 Å². The molecule has 6 heteroatoms. The van der Waals surface area contributed by atoms with E-state index < -0.39 is 12.1 Å². The second-order valence-corrected chi connectivity index (χ2v) is 4.63. The van der Waals surface area contributed by atoms with Gasteiger partial charge in [0.15, 0.2) is 0 Å². The first-order valence-corrected chi connectivity index (χ1v) is 6.81. The average Bonchev–Trinajstić information content (AvgIpc) is 2.96. The summed E-state index contributed by atoms with van der Waals surface area (Å²) in [5.41, 5.74) is 0.880. The lowest BCUT2D eigenvalue weighted by Gasteiger charge is -2.19. The maximum Gasteiger partial charge on any atom is 0.408 e. The van der Waals surface area contributed by atoms with E-state index in [1.165, 1.54) is 6.08 Å². The number of imidazole rings is 1. The van der Waals surface area contributed by atoms with Crippen LogP contribution in [0.2, 0.25) is 0 Å². The molecular formula is C16H19N3O3. The summed E-state index contributed by atoms with van der Waals surface area (Å²) in [6, 6.07) is 7.02. The van der Waals surface area contributed by atoms with Crippen LogP contribution in [-0.4, -0.2) is 29.4 Å². The Hall–Kier alpha value is -2.76. The highest BCUT2D eigenvalue weighted by Crippen LogP contribution is 2.23. The van der Waals surface area contributed by atoms with Crippen molar-refractivity contribution in [3.05, 3.63) is 60.7 Å². The molecule has 1 atom stereocenters. The van der Waals surface area contributed by atoms with E-state index in [9.17, 15) is 4.79 Å². The van der Waals surface area contributed by atoms with Crippen molar-refractivity contribution in [2.75, 3.05) is 13.7 Å². The number of hydrogen-bond donors (Lipinski definition) is 1. The zero-order valence-electron chi connectivity index (χ0n) is 12.7. The van der Waals surface area contributed by atoms with Crippen molar-refractivity contribution in [2.45, 2.75) is 6.04 Å². The number of aryl methyl sites for hydroxylation is 1. The van der Waals surface area contributed by atoms with Gasteiger partial charge in [-0.05, 0) is 17.7 Å². The number of benzene rings is 1. The number of carbonyl (C=O) groups excluding carboxylic acids is 1. The van der Waals surface area contributed by atoms with Gasteiger partial charge in [-0.3, -0.25) is 0 Å².